The molecule has 6 aromatic heterocycles. The van der Waals surface area contributed by atoms with Crippen molar-refractivity contribution in [1.82, 2.24) is 29.1 Å². The van der Waals surface area contributed by atoms with E-state index in [9.17, 15) is 0 Å². The number of hydrogen-bond acceptors (Lipinski definition) is 4. The van der Waals surface area contributed by atoms with Gasteiger partial charge in [0, 0.05) is 92.7 Å². The smallest absolute Gasteiger partial charge is 0.0722 e. The van der Waals surface area contributed by atoms with Crippen LogP contribution in [-0.4, -0.2) is 29.1 Å². The molecule has 0 saturated carbocycles. The van der Waals surface area contributed by atoms with Crippen LogP contribution in [0.25, 0.3) is 253 Å². The maximum Gasteiger partial charge on any atom is 0.0722 e. The van der Waals surface area contributed by atoms with Crippen molar-refractivity contribution in [2.24, 2.45) is 0 Å². The van der Waals surface area contributed by atoms with Crippen LogP contribution in [0, 0.1) is 0 Å². The fourth-order valence-electron chi connectivity index (χ4n) is 21.1. The van der Waals surface area contributed by atoms with Gasteiger partial charge in [0.25, 0.3) is 0 Å². The second kappa shape index (κ2) is 33.3. The Morgan fingerprint density at radius 2 is 0.396 bits per heavy atom. The first kappa shape index (κ1) is 78.4. The summed E-state index contributed by atoms with van der Waals surface area (Å²) in [6.07, 6.45) is 12.1. The molecule has 0 bridgehead atoms. The molecule has 20 aromatic carbocycles. The molecule has 0 radical (unpaired) electrons. The van der Waals surface area contributed by atoms with E-state index in [1.54, 1.807) is 0 Å². The number of nitrogens with zero attached hydrogens (tertiary/aromatic N) is 6. The van der Waals surface area contributed by atoms with E-state index in [4.69, 9.17) is 9.97 Å². The van der Waals surface area contributed by atoms with Crippen molar-refractivity contribution >= 4 is 108 Å². The van der Waals surface area contributed by atoms with E-state index < -0.39 is 0 Å². The second-order valence-electron chi connectivity index (χ2n) is 34.5. The minimum absolute atomic E-state index is 0.894. The molecule has 6 nitrogen and oxygen atoms in total. The van der Waals surface area contributed by atoms with E-state index in [2.05, 4.69) is 468 Å². The minimum Gasteiger partial charge on any atom is -0.316 e. The predicted octanol–water partition coefficient (Wildman–Crippen LogP) is 34.1. The van der Waals surface area contributed by atoms with Crippen molar-refractivity contribution in [3.63, 3.8) is 0 Å². The molecule has 0 aliphatic heterocycles. The normalized spacial score (nSPS) is 11.6. The van der Waals surface area contributed by atoms with Crippen LogP contribution in [0.4, 0.5) is 0 Å². The number of fused-ring (bicyclic) bond motifs is 12. The average Bonchev–Trinajstić information content (AvgIpc) is 1.08. The molecule has 0 aliphatic carbocycles. The summed E-state index contributed by atoms with van der Waals surface area (Å²) < 4.78 is 4.74. The van der Waals surface area contributed by atoms with Crippen LogP contribution in [-0.2, 0) is 0 Å². The second-order valence-corrected chi connectivity index (χ2v) is 34.5. The lowest BCUT2D eigenvalue weighted by molar-refractivity contribution is 1.13. The van der Waals surface area contributed by atoms with E-state index in [0.717, 1.165) is 83.5 Å². The van der Waals surface area contributed by atoms with E-state index in [-0.39, 0.29) is 0 Å². The highest BCUT2D eigenvalue weighted by molar-refractivity contribution is 6.33. The maximum absolute atomic E-state index is 5.43. The van der Waals surface area contributed by atoms with Crippen LogP contribution < -0.4 is 0 Å². The molecule has 0 spiro atoms. The quantitative estimate of drug-likeness (QED) is 0.0804. The highest BCUT2D eigenvalue weighted by atomic mass is 15.0. The molecule has 0 amide bonds. The molecule has 0 saturated heterocycles. The predicted molar refractivity (Wildman–Crippen MR) is 563 cm³/mol. The van der Waals surface area contributed by atoms with Crippen LogP contribution >= 0.6 is 0 Å². The summed E-state index contributed by atoms with van der Waals surface area (Å²) in [6, 6.07) is 167. The van der Waals surface area contributed by atoms with Crippen molar-refractivity contribution in [3.05, 3.63) is 498 Å². The summed E-state index contributed by atoms with van der Waals surface area (Å²) in [7, 11) is 0. The third-order valence-electron chi connectivity index (χ3n) is 27.0. The number of rotatable bonds is 14. The summed E-state index contributed by atoms with van der Waals surface area (Å²) in [5.74, 6) is 0. The zero-order chi connectivity index (χ0) is 88.5. The molecule has 0 fully saturated rings. The van der Waals surface area contributed by atoms with Gasteiger partial charge in [0.05, 0.1) is 33.8 Å². The molecule has 0 atom stereocenters. The van der Waals surface area contributed by atoms with E-state index in [1.165, 1.54) is 170 Å². The molecule has 6 heterocycles. The maximum atomic E-state index is 5.43. The Morgan fingerprint density at radius 3 is 0.769 bits per heavy atom. The Kier molecular flexibility index (Phi) is 19.5. The van der Waals surface area contributed by atoms with E-state index >= 15 is 0 Å². The highest BCUT2D eigenvalue weighted by Gasteiger charge is 2.29. The third kappa shape index (κ3) is 13.6. The first-order valence-corrected chi connectivity index (χ1v) is 45.8. The van der Waals surface area contributed by atoms with Gasteiger partial charge in [-0.25, -0.2) is 9.97 Å². The van der Waals surface area contributed by atoms with Gasteiger partial charge in [-0.15, -0.1) is 0 Å². The van der Waals surface area contributed by atoms with Crippen LogP contribution in [0.5, 0.6) is 0 Å². The molecule has 26 rings (SSSR count). The Balaban J connectivity index is 0.000000144. The van der Waals surface area contributed by atoms with Gasteiger partial charge in [0.1, 0.15) is 0 Å². The molecule has 26 aromatic rings. The lowest BCUT2D eigenvalue weighted by atomic mass is 9.80. The first-order chi connectivity index (χ1) is 66.5. The van der Waals surface area contributed by atoms with Gasteiger partial charge in [-0.1, -0.05) is 340 Å². The number of hydrogen-bond donors (Lipinski definition) is 0. The zero-order valence-corrected chi connectivity index (χ0v) is 73.0. The summed E-state index contributed by atoms with van der Waals surface area (Å²) in [6.45, 7) is 0. The van der Waals surface area contributed by atoms with Crippen molar-refractivity contribution in [1.29, 1.82) is 0 Å². The van der Waals surface area contributed by atoms with Crippen LogP contribution in [0.2, 0.25) is 0 Å². The number of para-hydroxylation sites is 4. The molecule has 0 unspecified atom stereocenters. The Bertz CT molecular complexity index is 9070. The van der Waals surface area contributed by atoms with Gasteiger partial charge in [-0.3, -0.25) is 9.97 Å². The average molecular weight is 1700 g/mol. The topological polar surface area (TPSA) is 61.4 Å². The first-order valence-electron chi connectivity index (χ1n) is 45.8. The molecule has 6 heteroatoms. The van der Waals surface area contributed by atoms with Gasteiger partial charge in [0.15, 0.2) is 0 Å². The summed E-state index contributed by atoms with van der Waals surface area (Å²) >= 11 is 0. The lowest BCUT2D eigenvalue weighted by Crippen LogP contribution is -1.97. The molecular formula is C128H82N6. The monoisotopic (exact) mass is 1700 g/mol. The van der Waals surface area contributed by atoms with Gasteiger partial charge in [-0.2, -0.15) is 0 Å². The fourth-order valence-corrected chi connectivity index (χ4v) is 21.1. The summed E-state index contributed by atoms with van der Waals surface area (Å²) in [5, 5.41) is 21.4. The molecule has 0 N–H and O–H groups in total. The van der Waals surface area contributed by atoms with Crippen LogP contribution in [0.15, 0.2) is 498 Å². The van der Waals surface area contributed by atoms with E-state index in [0.29, 0.717) is 0 Å². The van der Waals surface area contributed by atoms with Crippen molar-refractivity contribution in [2.75, 3.05) is 0 Å². The Hall–Kier alpha value is -17.8. The fraction of sp³-hybridized carbons (Fsp3) is 0. The highest BCUT2D eigenvalue weighted by Crippen LogP contribution is 2.55. The standard InChI is InChI=1S/C68H44N2.C60H38N4/c1-5-22-45(23-6-1)47-26-21-27-48(40-47)66-54-35-14-13-32-51(54)57-41-59-60(42-58(57)65(66)46-24-7-2-8-25-46)68(62-44-70(50-30-11-4-12-31-50)64-39-20-18-34-53(62)64)56-37-16-15-36-55(56)67(59)61-43-69(49-28-9-3-10-29-49)63-38-19-17-33-52(61)63;1-3-14-39(15-4-1)43-18-11-19-44(36-43)58-46-21-8-7-20-45(46)49-37-51-52(38-50(49)57(58)42-16-5-2-6-17-42)60(56-27-13-25-54(64-56)41-30-34-62-35-31-41)48-23-10-9-22-47(48)59(51)55-26-12-24-53(63-55)40-28-32-61-33-29-40/h1-44H;1-38H. The zero-order valence-electron chi connectivity index (χ0n) is 73.0. The largest absolute Gasteiger partial charge is 0.316 e. The Morgan fingerprint density at radius 1 is 0.142 bits per heavy atom. The van der Waals surface area contributed by atoms with Gasteiger partial charge < -0.3 is 9.13 Å². The number of aromatic nitrogens is 6. The molecule has 624 valence electrons. The van der Waals surface area contributed by atoms with Gasteiger partial charge in [0.2, 0.25) is 0 Å². The lowest BCUT2D eigenvalue weighted by Gasteiger charge is -2.22. The number of pyridine rings is 4. The number of benzene rings is 20. The SMILES string of the molecule is c1ccc(-c2cccc(-c3c(-c4ccccc4)c4cc5c(-c6cccc(-c7ccncc7)n6)c6ccccc6c(-c6cccc(-c7ccncc7)n6)c5cc4c4ccccc34)c2)cc1.c1ccc(-c2cccc(-c3c(-c4ccccc4)c4cc5c(-c6cn(-c7ccccc7)c7ccccc67)c6ccccc6c(-c6cn(-c7ccccc7)c7ccccc67)c5cc4c4ccccc34)c2)cc1. The van der Waals surface area contributed by atoms with Gasteiger partial charge in [-0.05, 0) is 285 Å². The molecule has 134 heavy (non-hydrogen) atoms. The van der Waals surface area contributed by atoms with Crippen LogP contribution in [0.1, 0.15) is 0 Å². The Labute approximate surface area is 775 Å². The van der Waals surface area contributed by atoms with Crippen molar-refractivity contribution < 1.29 is 0 Å². The third-order valence-corrected chi connectivity index (χ3v) is 27.0. The summed E-state index contributed by atoms with van der Waals surface area (Å²) in [4.78, 5) is 19.4. The van der Waals surface area contributed by atoms with Crippen molar-refractivity contribution in [2.45, 2.75) is 0 Å². The molecule has 0 aliphatic rings. The molecular weight excluding hydrogens is 1620 g/mol. The van der Waals surface area contributed by atoms with Gasteiger partial charge >= 0.3 is 0 Å². The van der Waals surface area contributed by atoms with Crippen molar-refractivity contribution in [3.8, 4) is 145 Å². The minimum atomic E-state index is 0.894. The van der Waals surface area contributed by atoms with E-state index in [1.807, 2.05) is 49.1 Å². The van der Waals surface area contributed by atoms with Crippen LogP contribution in [0.3, 0.4) is 0 Å². The summed E-state index contributed by atoms with van der Waals surface area (Å²) in [5.41, 5.74) is 31.6.